The van der Waals surface area contributed by atoms with E-state index >= 15 is 0 Å². The van der Waals surface area contributed by atoms with E-state index in [2.05, 4.69) is 10.6 Å². The lowest BCUT2D eigenvalue weighted by Crippen LogP contribution is -2.56. The first-order chi connectivity index (χ1) is 4.29. The second kappa shape index (κ2) is 2.80. The van der Waals surface area contributed by atoms with Crippen molar-refractivity contribution in [1.82, 2.24) is 10.6 Å². The van der Waals surface area contributed by atoms with Gasteiger partial charge in [-0.2, -0.15) is 0 Å². The monoisotopic (exact) mass is 129 g/mol. The van der Waals surface area contributed by atoms with Crippen LogP contribution in [-0.2, 0) is 4.79 Å². The van der Waals surface area contributed by atoms with E-state index in [0.29, 0.717) is 12.6 Å². The Morgan fingerprint density at radius 1 is 1.78 bits per heavy atom. The predicted octanol–water partition coefficient (Wildman–Crippen LogP) is -1.97. The first-order valence-electron chi connectivity index (χ1n) is 3.01. The van der Waals surface area contributed by atoms with Gasteiger partial charge < -0.3 is 16.4 Å². The quantitative estimate of drug-likeness (QED) is 0.414. The van der Waals surface area contributed by atoms with Crippen LogP contribution in [0.5, 0.6) is 0 Å². The van der Waals surface area contributed by atoms with E-state index in [1.54, 1.807) is 0 Å². The van der Waals surface area contributed by atoms with Crippen LogP contribution < -0.4 is 16.4 Å². The molecule has 0 spiro atoms. The summed E-state index contributed by atoms with van der Waals surface area (Å²) in [6.45, 7) is 2.20. The molecule has 4 nitrogen and oxygen atoms in total. The van der Waals surface area contributed by atoms with E-state index in [9.17, 15) is 4.79 Å². The van der Waals surface area contributed by atoms with E-state index in [1.165, 1.54) is 0 Å². The number of primary amides is 1. The van der Waals surface area contributed by atoms with E-state index < -0.39 is 0 Å². The van der Waals surface area contributed by atoms with Crippen molar-refractivity contribution < 1.29 is 4.79 Å². The molecule has 4 heteroatoms. The van der Waals surface area contributed by atoms with Gasteiger partial charge in [-0.15, -0.1) is 0 Å². The summed E-state index contributed by atoms with van der Waals surface area (Å²) in [5, 5.41) is 6.05. The summed E-state index contributed by atoms with van der Waals surface area (Å²) in [7, 11) is 0. The molecule has 0 saturated carbocycles. The Morgan fingerprint density at radius 3 is 2.78 bits per heavy atom. The molecule has 1 aliphatic rings. The van der Waals surface area contributed by atoms with Gasteiger partial charge in [0.15, 0.2) is 0 Å². The molecule has 52 valence electrons. The minimum atomic E-state index is -0.290. The van der Waals surface area contributed by atoms with Gasteiger partial charge in [-0.1, -0.05) is 0 Å². The summed E-state index contributed by atoms with van der Waals surface area (Å²) in [5.41, 5.74) is 4.90. The minimum absolute atomic E-state index is 0.290. The second-order valence-electron chi connectivity index (χ2n) is 2.20. The molecule has 0 bridgehead atoms. The molecule has 1 amide bonds. The molecular weight excluding hydrogens is 118 g/mol. The summed E-state index contributed by atoms with van der Waals surface area (Å²) in [5.74, 6) is -0.290. The molecule has 1 rings (SSSR count). The van der Waals surface area contributed by atoms with E-state index in [4.69, 9.17) is 5.73 Å². The molecule has 0 radical (unpaired) electrons. The van der Waals surface area contributed by atoms with Crippen LogP contribution in [0, 0.1) is 0 Å². The molecule has 1 fully saturated rings. The lowest BCUT2D eigenvalue weighted by atomic mass is 10.2. The van der Waals surface area contributed by atoms with Gasteiger partial charge in [-0.05, 0) is 0 Å². The number of hydrogen-bond acceptors (Lipinski definition) is 3. The third-order valence-electron chi connectivity index (χ3n) is 1.35. The number of carbonyl (C=O) groups excluding carboxylic acids is 1. The normalized spacial score (nSPS) is 19.1. The van der Waals surface area contributed by atoms with Crippen LogP contribution in [-0.4, -0.2) is 31.6 Å². The van der Waals surface area contributed by atoms with Crippen LogP contribution in [0.2, 0.25) is 0 Å². The molecule has 0 aromatic carbocycles. The minimum Gasteiger partial charge on any atom is -0.369 e. The van der Waals surface area contributed by atoms with Crippen molar-refractivity contribution in [3.8, 4) is 0 Å². The maximum Gasteiger partial charge on any atom is 0.231 e. The zero-order valence-corrected chi connectivity index (χ0v) is 5.18. The first-order valence-corrected chi connectivity index (χ1v) is 3.01. The van der Waals surface area contributed by atoms with Crippen LogP contribution in [0.4, 0.5) is 0 Å². The SMILES string of the molecule is NC(=O)CNC1CNC1. The van der Waals surface area contributed by atoms with Gasteiger partial charge in [0, 0.05) is 19.1 Å². The average Bonchev–Trinajstić information content (AvgIpc) is 1.60. The topological polar surface area (TPSA) is 67.2 Å². The van der Waals surface area contributed by atoms with Crippen LogP contribution >= 0.6 is 0 Å². The number of amides is 1. The molecule has 0 unspecified atom stereocenters. The van der Waals surface area contributed by atoms with Crippen LogP contribution in [0.1, 0.15) is 0 Å². The molecular formula is C5H11N3O. The highest BCUT2D eigenvalue weighted by molar-refractivity contribution is 5.75. The van der Waals surface area contributed by atoms with Crippen molar-refractivity contribution in [2.24, 2.45) is 5.73 Å². The number of nitrogens with two attached hydrogens (primary N) is 1. The van der Waals surface area contributed by atoms with Crippen molar-refractivity contribution in [3.63, 3.8) is 0 Å². The smallest absolute Gasteiger partial charge is 0.231 e. The highest BCUT2D eigenvalue weighted by atomic mass is 16.1. The van der Waals surface area contributed by atoms with Crippen molar-refractivity contribution >= 4 is 5.91 Å². The van der Waals surface area contributed by atoms with Gasteiger partial charge in [-0.3, -0.25) is 4.79 Å². The predicted molar refractivity (Wildman–Crippen MR) is 33.9 cm³/mol. The summed E-state index contributed by atoms with van der Waals surface area (Å²) in [6, 6.07) is 0.456. The summed E-state index contributed by atoms with van der Waals surface area (Å²) in [4.78, 5) is 10.2. The molecule has 1 aliphatic heterocycles. The van der Waals surface area contributed by atoms with Gasteiger partial charge in [0.1, 0.15) is 0 Å². The molecule has 1 heterocycles. The Morgan fingerprint density at radius 2 is 2.44 bits per heavy atom. The third-order valence-corrected chi connectivity index (χ3v) is 1.35. The number of carbonyl (C=O) groups is 1. The van der Waals surface area contributed by atoms with Gasteiger partial charge in [0.05, 0.1) is 6.54 Å². The Bertz CT molecular complexity index is 111. The molecule has 1 saturated heterocycles. The maximum absolute atomic E-state index is 10.2. The van der Waals surface area contributed by atoms with E-state index in [1.807, 2.05) is 0 Å². The van der Waals surface area contributed by atoms with Crippen molar-refractivity contribution in [2.75, 3.05) is 19.6 Å². The third kappa shape index (κ3) is 1.99. The van der Waals surface area contributed by atoms with Crippen molar-refractivity contribution in [3.05, 3.63) is 0 Å². The molecule has 0 aliphatic carbocycles. The lowest BCUT2D eigenvalue weighted by molar-refractivity contribution is -0.117. The largest absolute Gasteiger partial charge is 0.369 e. The van der Waals surface area contributed by atoms with E-state index in [0.717, 1.165) is 13.1 Å². The van der Waals surface area contributed by atoms with Gasteiger partial charge in [0.2, 0.25) is 5.91 Å². The number of hydrogen-bond donors (Lipinski definition) is 3. The molecule has 0 atom stereocenters. The van der Waals surface area contributed by atoms with Crippen LogP contribution in [0.15, 0.2) is 0 Å². The fourth-order valence-electron chi connectivity index (χ4n) is 0.678. The van der Waals surface area contributed by atoms with Gasteiger partial charge in [0.25, 0.3) is 0 Å². The first kappa shape index (κ1) is 6.51. The zero-order valence-electron chi connectivity index (χ0n) is 5.18. The molecule has 0 aromatic heterocycles. The fraction of sp³-hybridized carbons (Fsp3) is 0.800. The van der Waals surface area contributed by atoms with E-state index in [-0.39, 0.29) is 5.91 Å². The Labute approximate surface area is 53.8 Å². The van der Waals surface area contributed by atoms with Crippen LogP contribution in [0.3, 0.4) is 0 Å². The average molecular weight is 129 g/mol. The maximum atomic E-state index is 10.2. The zero-order chi connectivity index (χ0) is 6.69. The Kier molecular flexibility index (Phi) is 2.02. The summed E-state index contributed by atoms with van der Waals surface area (Å²) < 4.78 is 0. The molecule has 0 aromatic rings. The highest BCUT2D eigenvalue weighted by Gasteiger charge is 2.15. The second-order valence-corrected chi connectivity index (χ2v) is 2.20. The standard InChI is InChI=1S/C5H11N3O/c6-5(9)3-8-4-1-7-2-4/h4,7-8H,1-3H2,(H2,6,9). The number of nitrogens with one attached hydrogen (secondary N) is 2. The number of rotatable bonds is 3. The fourth-order valence-corrected chi connectivity index (χ4v) is 0.678. The summed E-state index contributed by atoms with van der Waals surface area (Å²) >= 11 is 0. The van der Waals surface area contributed by atoms with Crippen molar-refractivity contribution in [2.45, 2.75) is 6.04 Å². The molecule has 4 N–H and O–H groups in total. The molecule has 9 heavy (non-hydrogen) atoms. The highest BCUT2D eigenvalue weighted by Crippen LogP contribution is 1.87. The lowest BCUT2D eigenvalue weighted by Gasteiger charge is -2.27. The Hall–Kier alpha value is -0.610. The van der Waals surface area contributed by atoms with Crippen molar-refractivity contribution in [1.29, 1.82) is 0 Å². The van der Waals surface area contributed by atoms with Crippen LogP contribution in [0.25, 0.3) is 0 Å². The van der Waals surface area contributed by atoms with Gasteiger partial charge >= 0.3 is 0 Å². The summed E-state index contributed by atoms with van der Waals surface area (Å²) in [6.07, 6.45) is 0. The van der Waals surface area contributed by atoms with Gasteiger partial charge in [-0.25, -0.2) is 0 Å². The Balaban J connectivity index is 1.97.